The zero-order chi connectivity index (χ0) is 20.8. The highest BCUT2D eigenvalue weighted by Crippen LogP contribution is 2.37. The van der Waals surface area contributed by atoms with Gasteiger partial charge in [0.15, 0.2) is 6.61 Å². The number of nitrogens with zero attached hydrogens (tertiary/aromatic N) is 2. The summed E-state index contributed by atoms with van der Waals surface area (Å²) in [5.41, 5.74) is 7.47. The summed E-state index contributed by atoms with van der Waals surface area (Å²) in [6, 6.07) is 14.4. The van der Waals surface area contributed by atoms with E-state index in [1.54, 1.807) is 22.6 Å². The molecule has 0 unspecified atom stereocenters. The Morgan fingerprint density at radius 1 is 1.20 bits per heavy atom. The number of nitrogens with one attached hydrogen (secondary N) is 2. The van der Waals surface area contributed by atoms with Crippen LogP contribution in [-0.4, -0.2) is 32.8 Å². The van der Waals surface area contributed by atoms with E-state index in [1.165, 1.54) is 0 Å². The number of rotatable bonds is 4. The number of para-hydroxylation sites is 2. The molecule has 9 nitrogen and oxygen atoms in total. The average molecular weight is 403 g/mol. The Morgan fingerprint density at radius 2 is 2.03 bits per heavy atom. The molecule has 9 heteroatoms. The molecule has 0 bridgehead atoms. The summed E-state index contributed by atoms with van der Waals surface area (Å²) in [7, 11) is 0. The van der Waals surface area contributed by atoms with Crippen LogP contribution < -0.4 is 21.3 Å². The smallest absolute Gasteiger partial charge is 0.258 e. The highest BCUT2D eigenvalue weighted by molar-refractivity contribution is 5.96. The quantitative estimate of drug-likeness (QED) is 0.475. The van der Waals surface area contributed by atoms with E-state index in [4.69, 9.17) is 10.5 Å². The minimum atomic E-state index is -0.589. The molecule has 1 aliphatic rings. The molecule has 0 aliphatic carbocycles. The van der Waals surface area contributed by atoms with Gasteiger partial charge in [0.05, 0.1) is 16.6 Å². The van der Waals surface area contributed by atoms with Crippen LogP contribution in [0.4, 0.5) is 5.82 Å². The molecule has 1 aliphatic heterocycles. The Balaban J connectivity index is 1.70. The van der Waals surface area contributed by atoms with Gasteiger partial charge in [0, 0.05) is 12.3 Å². The third-order valence-corrected chi connectivity index (χ3v) is 5.15. The van der Waals surface area contributed by atoms with Gasteiger partial charge in [0.2, 0.25) is 11.7 Å². The molecule has 0 radical (unpaired) electrons. The van der Waals surface area contributed by atoms with Crippen molar-refractivity contribution in [3.8, 4) is 5.75 Å². The van der Waals surface area contributed by atoms with Crippen molar-refractivity contribution < 1.29 is 14.3 Å². The van der Waals surface area contributed by atoms with Crippen molar-refractivity contribution in [2.75, 3.05) is 11.9 Å². The highest BCUT2D eigenvalue weighted by Gasteiger charge is 2.32. The number of anilines is 1. The number of H-pyrrole nitrogens is 1. The van der Waals surface area contributed by atoms with Gasteiger partial charge in [0.25, 0.3) is 11.5 Å². The minimum absolute atomic E-state index is 0.105. The van der Waals surface area contributed by atoms with Crippen molar-refractivity contribution in [3.63, 3.8) is 0 Å². The second-order valence-electron chi connectivity index (χ2n) is 7.11. The molecule has 3 heterocycles. The molecule has 30 heavy (non-hydrogen) atoms. The number of nitrogens with two attached hydrogens (primary N) is 1. The number of primary amides is 1. The van der Waals surface area contributed by atoms with Crippen LogP contribution in [0.5, 0.6) is 5.75 Å². The number of ether oxygens (including phenoxy) is 1. The van der Waals surface area contributed by atoms with Crippen molar-refractivity contribution in [2.45, 2.75) is 12.3 Å². The summed E-state index contributed by atoms with van der Waals surface area (Å²) in [6.45, 7) is -0.257. The number of hydrogen-bond donors (Lipinski definition) is 3. The summed E-state index contributed by atoms with van der Waals surface area (Å²) in [5.74, 6) is -0.0783. The number of benzene rings is 2. The average Bonchev–Trinajstić information content (AvgIpc) is 3.10. The fourth-order valence-corrected chi connectivity index (χ4v) is 3.91. The van der Waals surface area contributed by atoms with Crippen LogP contribution in [-0.2, 0) is 9.59 Å². The normalized spacial score (nSPS) is 15.7. The molecule has 2 amide bonds. The Morgan fingerprint density at radius 3 is 2.87 bits per heavy atom. The molecule has 150 valence electrons. The first-order chi connectivity index (χ1) is 14.5. The topological polar surface area (TPSA) is 132 Å². The monoisotopic (exact) mass is 403 g/mol. The molecule has 0 saturated carbocycles. The van der Waals surface area contributed by atoms with E-state index in [0.29, 0.717) is 28.4 Å². The maximum Gasteiger partial charge on any atom is 0.258 e. The van der Waals surface area contributed by atoms with Gasteiger partial charge in [-0.3, -0.25) is 23.8 Å². The predicted molar refractivity (Wildman–Crippen MR) is 110 cm³/mol. The fraction of sp³-hybridized carbons (Fsp3) is 0.143. The molecule has 2 aromatic heterocycles. The molecule has 5 rings (SSSR count). The number of fused-ring (bicyclic) bond motifs is 5. The third kappa shape index (κ3) is 2.87. The first-order valence-corrected chi connectivity index (χ1v) is 9.35. The number of amides is 2. The Hall–Kier alpha value is -4.14. The Bertz CT molecular complexity index is 1390. The number of aromatic nitrogens is 3. The standard InChI is InChI=1S/C21H17N5O4/c22-16(27)10-30-12-5-3-4-11(8-12)13-9-17(28)24-19-18(13)20(29)25-21-23-14-6-1-2-7-15(14)26(19)21/h1-8,13H,9-10H2,(H2,22,27)(H,24,28)(H,23,25,29)/t13-/m0/s1. The summed E-state index contributed by atoms with van der Waals surface area (Å²) in [5, 5.41) is 2.85. The second kappa shape index (κ2) is 6.73. The molecule has 4 aromatic rings. The van der Waals surface area contributed by atoms with Gasteiger partial charge in [-0.05, 0) is 29.8 Å². The van der Waals surface area contributed by atoms with E-state index in [-0.39, 0.29) is 24.5 Å². The second-order valence-corrected chi connectivity index (χ2v) is 7.11. The SMILES string of the molecule is NC(=O)COc1cccc([C@@H]2CC(=O)Nc3c2c(=O)[nH]c2nc4ccccc4n32)c1. The van der Waals surface area contributed by atoms with Crippen LogP contribution in [0.3, 0.4) is 0 Å². The fourth-order valence-electron chi connectivity index (χ4n) is 3.91. The molecule has 1 atom stereocenters. The van der Waals surface area contributed by atoms with Gasteiger partial charge in [0.1, 0.15) is 11.6 Å². The number of carbonyl (C=O) groups is 2. The Labute approximate surface area is 169 Å². The lowest BCUT2D eigenvalue weighted by atomic mass is 9.86. The molecular formula is C21H17N5O4. The molecule has 4 N–H and O–H groups in total. The number of hydrogen-bond acceptors (Lipinski definition) is 5. The minimum Gasteiger partial charge on any atom is -0.484 e. The van der Waals surface area contributed by atoms with Crippen LogP contribution >= 0.6 is 0 Å². The van der Waals surface area contributed by atoms with Gasteiger partial charge >= 0.3 is 0 Å². The lowest BCUT2D eigenvalue weighted by molar-refractivity contribution is -0.120. The Kier molecular flexibility index (Phi) is 4.02. The van der Waals surface area contributed by atoms with E-state index >= 15 is 0 Å². The lowest BCUT2D eigenvalue weighted by Gasteiger charge is -2.26. The van der Waals surface area contributed by atoms with Crippen LogP contribution in [0.25, 0.3) is 16.8 Å². The predicted octanol–water partition coefficient (Wildman–Crippen LogP) is 1.51. The zero-order valence-electron chi connectivity index (χ0n) is 15.7. The summed E-state index contributed by atoms with van der Waals surface area (Å²) < 4.78 is 7.14. The van der Waals surface area contributed by atoms with E-state index in [2.05, 4.69) is 15.3 Å². The first kappa shape index (κ1) is 17.9. The maximum atomic E-state index is 13.0. The number of imidazole rings is 1. The van der Waals surface area contributed by atoms with E-state index in [9.17, 15) is 14.4 Å². The highest BCUT2D eigenvalue weighted by atomic mass is 16.5. The molecular weight excluding hydrogens is 386 g/mol. The van der Waals surface area contributed by atoms with Gasteiger partial charge in [-0.1, -0.05) is 24.3 Å². The van der Waals surface area contributed by atoms with Crippen LogP contribution in [0, 0.1) is 0 Å². The van der Waals surface area contributed by atoms with Gasteiger partial charge in [-0.15, -0.1) is 0 Å². The van der Waals surface area contributed by atoms with Crippen LogP contribution in [0.1, 0.15) is 23.5 Å². The van der Waals surface area contributed by atoms with E-state index < -0.39 is 11.8 Å². The molecule has 0 fully saturated rings. The molecule has 0 saturated heterocycles. The van der Waals surface area contributed by atoms with Gasteiger partial charge < -0.3 is 15.8 Å². The maximum absolute atomic E-state index is 13.0. The number of carbonyl (C=O) groups excluding carboxylic acids is 2. The van der Waals surface area contributed by atoms with Crippen molar-refractivity contribution in [2.24, 2.45) is 5.73 Å². The molecule has 0 spiro atoms. The summed E-state index contributed by atoms with van der Waals surface area (Å²) in [4.78, 5) is 43.9. The first-order valence-electron chi connectivity index (χ1n) is 9.35. The largest absolute Gasteiger partial charge is 0.484 e. The van der Waals surface area contributed by atoms with Gasteiger partial charge in [-0.2, -0.15) is 0 Å². The van der Waals surface area contributed by atoms with Crippen molar-refractivity contribution >= 4 is 34.4 Å². The molecule has 2 aromatic carbocycles. The summed E-state index contributed by atoms with van der Waals surface area (Å²) in [6.07, 6.45) is 0.105. The number of aromatic amines is 1. The third-order valence-electron chi connectivity index (χ3n) is 5.15. The van der Waals surface area contributed by atoms with Crippen molar-refractivity contribution in [1.82, 2.24) is 14.4 Å². The van der Waals surface area contributed by atoms with Crippen molar-refractivity contribution in [3.05, 3.63) is 70.0 Å². The van der Waals surface area contributed by atoms with Gasteiger partial charge in [-0.25, -0.2) is 4.98 Å². The summed E-state index contributed by atoms with van der Waals surface area (Å²) >= 11 is 0. The van der Waals surface area contributed by atoms with E-state index in [1.807, 2.05) is 30.3 Å². The van der Waals surface area contributed by atoms with Crippen molar-refractivity contribution in [1.29, 1.82) is 0 Å². The lowest BCUT2D eigenvalue weighted by Crippen LogP contribution is -2.32. The van der Waals surface area contributed by atoms with Crippen LogP contribution in [0.15, 0.2) is 53.3 Å². The zero-order valence-corrected chi connectivity index (χ0v) is 15.7. The van der Waals surface area contributed by atoms with E-state index in [0.717, 1.165) is 11.1 Å². The van der Waals surface area contributed by atoms with Crippen LogP contribution in [0.2, 0.25) is 0 Å².